The average Bonchev–Trinajstić information content (AvgIpc) is 2.82. The van der Waals surface area contributed by atoms with Crippen LogP contribution < -0.4 is 15.8 Å². The van der Waals surface area contributed by atoms with E-state index in [1.165, 1.54) is 0 Å². The second-order valence-corrected chi connectivity index (χ2v) is 4.85. The van der Waals surface area contributed by atoms with E-state index in [2.05, 4.69) is 10.4 Å². The predicted molar refractivity (Wildman–Crippen MR) is 79.2 cm³/mol. The molecule has 0 saturated heterocycles. The molecule has 1 atom stereocenters. The van der Waals surface area contributed by atoms with Crippen LogP contribution in [0.3, 0.4) is 0 Å². The third-order valence-corrected chi connectivity index (χ3v) is 2.84. The first kappa shape index (κ1) is 14.7. The third kappa shape index (κ3) is 4.13. The van der Waals surface area contributed by atoms with Gasteiger partial charge in [0.05, 0.1) is 12.2 Å². The van der Waals surface area contributed by atoms with E-state index in [1.807, 2.05) is 25.4 Å². The molecule has 21 heavy (non-hydrogen) atoms. The maximum atomic E-state index is 10.5. The molecule has 7 heteroatoms. The molecule has 1 amide bonds. The zero-order chi connectivity index (χ0) is 15.4. The average molecular weight is 290 g/mol. The highest BCUT2D eigenvalue weighted by Crippen LogP contribution is 2.27. The summed E-state index contributed by atoms with van der Waals surface area (Å²) in [6.45, 7) is 1.95. The lowest BCUT2D eigenvalue weighted by atomic mass is 10.1. The summed E-state index contributed by atoms with van der Waals surface area (Å²) < 4.78 is 7.29. The molecular weight excluding hydrogens is 272 g/mol. The van der Waals surface area contributed by atoms with E-state index in [0.717, 1.165) is 11.1 Å². The lowest BCUT2D eigenvalue weighted by Crippen LogP contribution is -2.35. The zero-order valence-corrected chi connectivity index (χ0v) is 11.9. The summed E-state index contributed by atoms with van der Waals surface area (Å²) in [5.41, 5.74) is 8.28. The second kappa shape index (κ2) is 6.17. The Morgan fingerprint density at radius 2 is 2.24 bits per heavy atom. The highest BCUT2D eigenvalue weighted by Gasteiger charge is 2.08. The minimum atomic E-state index is -1.07. The molecule has 0 bridgehead atoms. The highest BCUT2D eigenvalue weighted by atomic mass is 16.5. The van der Waals surface area contributed by atoms with Crippen LogP contribution in [-0.4, -0.2) is 33.6 Å². The fourth-order valence-corrected chi connectivity index (χ4v) is 1.92. The number of benzene rings is 1. The van der Waals surface area contributed by atoms with Crippen LogP contribution in [0.15, 0.2) is 30.6 Å². The number of hydrogen-bond acceptors (Lipinski definition) is 4. The van der Waals surface area contributed by atoms with Gasteiger partial charge in [0.25, 0.3) is 0 Å². The van der Waals surface area contributed by atoms with Crippen molar-refractivity contribution < 1.29 is 14.6 Å². The number of nitrogen functional groups attached to an aromatic ring is 1. The molecule has 112 valence electrons. The number of aryl methyl sites for hydroxylation is 1. The summed E-state index contributed by atoms with van der Waals surface area (Å²) >= 11 is 0. The van der Waals surface area contributed by atoms with Crippen molar-refractivity contribution in [2.75, 3.05) is 12.3 Å². The maximum absolute atomic E-state index is 10.5. The standard InChI is InChI=1S/C14H18N4O3/c1-9(17-14(19)20)8-21-13-4-10(3-12(15)5-13)11-6-16-18(2)7-11/h3-7,9,17H,8,15H2,1-2H3,(H,19,20). The van der Waals surface area contributed by atoms with Gasteiger partial charge in [0.15, 0.2) is 0 Å². The number of carbonyl (C=O) groups is 1. The van der Waals surface area contributed by atoms with Crippen LogP contribution in [0.4, 0.5) is 10.5 Å². The van der Waals surface area contributed by atoms with Gasteiger partial charge in [-0.25, -0.2) is 4.79 Å². The molecule has 0 aliphatic carbocycles. The van der Waals surface area contributed by atoms with E-state index in [1.54, 1.807) is 23.9 Å². The van der Waals surface area contributed by atoms with Crippen molar-refractivity contribution in [1.82, 2.24) is 15.1 Å². The Morgan fingerprint density at radius 1 is 1.48 bits per heavy atom. The Labute approximate surface area is 122 Å². The monoisotopic (exact) mass is 290 g/mol. The van der Waals surface area contributed by atoms with Crippen LogP contribution in [0.2, 0.25) is 0 Å². The quantitative estimate of drug-likeness (QED) is 0.727. The Bertz CT molecular complexity index is 639. The maximum Gasteiger partial charge on any atom is 0.404 e. The normalized spacial score (nSPS) is 11.9. The number of ether oxygens (including phenoxy) is 1. The lowest BCUT2D eigenvalue weighted by Gasteiger charge is -2.14. The number of nitrogens with two attached hydrogens (primary N) is 1. The van der Waals surface area contributed by atoms with E-state index in [0.29, 0.717) is 11.4 Å². The number of amides is 1. The Hall–Kier alpha value is -2.70. The second-order valence-electron chi connectivity index (χ2n) is 4.85. The Morgan fingerprint density at radius 3 is 2.86 bits per heavy atom. The highest BCUT2D eigenvalue weighted by molar-refractivity contribution is 5.68. The molecule has 0 fully saturated rings. The molecule has 1 unspecified atom stereocenters. The van der Waals surface area contributed by atoms with E-state index in [9.17, 15) is 4.79 Å². The first-order chi connectivity index (χ1) is 9.94. The Balaban J connectivity index is 2.10. The zero-order valence-electron chi connectivity index (χ0n) is 11.9. The van der Waals surface area contributed by atoms with E-state index in [-0.39, 0.29) is 12.6 Å². The van der Waals surface area contributed by atoms with Crippen molar-refractivity contribution in [1.29, 1.82) is 0 Å². The molecular formula is C14H18N4O3. The van der Waals surface area contributed by atoms with Crippen molar-refractivity contribution in [3.05, 3.63) is 30.6 Å². The fraction of sp³-hybridized carbons (Fsp3) is 0.286. The largest absolute Gasteiger partial charge is 0.491 e. The molecule has 1 aromatic carbocycles. The van der Waals surface area contributed by atoms with Crippen LogP contribution >= 0.6 is 0 Å². The lowest BCUT2D eigenvalue weighted by molar-refractivity contribution is 0.183. The van der Waals surface area contributed by atoms with Crippen LogP contribution in [0.25, 0.3) is 11.1 Å². The smallest absolute Gasteiger partial charge is 0.404 e. The van der Waals surface area contributed by atoms with Gasteiger partial charge in [-0.05, 0) is 24.6 Å². The van der Waals surface area contributed by atoms with Gasteiger partial charge in [0.2, 0.25) is 0 Å². The van der Waals surface area contributed by atoms with Crippen molar-refractivity contribution in [2.24, 2.45) is 7.05 Å². The summed E-state index contributed by atoms with van der Waals surface area (Å²) in [5, 5.41) is 15.1. The van der Waals surface area contributed by atoms with Crippen molar-refractivity contribution in [3.63, 3.8) is 0 Å². The number of nitrogens with zero attached hydrogens (tertiary/aromatic N) is 2. The van der Waals surface area contributed by atoms with Gasteiger partial charge in [-0.3, -0.25) is 4.68 Å². The molecule has 1 aromatic heterocycles. The molecule has 2 rings (SSSR count). The minimum absolute atomic E-state index is 0.224. The first-order valence-corrected chi connectivity index (χ1v) is 6.46. The predicted octanol–water partition coefficient (Wildman–Crippen LogP) is 1.70. The van der Waals surface area contributed by atoms with E-state index < -0.39 is 6.09 Å². The number of carboxylic acid groups (broad SMARTS) is 1. The van der Waals surface area contributed by atoms with Gasteiger partial charge in [0.1, 0.15) is 12.4 Å². The summed E-state index contributed by atoms with van der Waals surface area (Å²) in [7, 11) is 1.84. The summed E-state index contributed by atoms with van der Waals surface area (Å²) in [6.07, 6.45) is 2.55. The number of nitrogens with one attached hydrogen (secondary N) is 1. The molecule has 1 heterocycles. The van der Waals surface area contributed by atoms with E-state index in [4.69, 9.17) is 15.6 Å². The first-order valence-electron chi connectivity index (χ1n) is 6.46. The molecule has 0 aliphatic heterocycles. The molecule has 0 aliphatic rings. The fourth-order valence-electron chi connectivity index (χ4n) is 1.92. The third-order valence-electron chi connectivity index (χ3n) is 2.84. The molecule has 0 spiro atoms. The molecule has 0 radical (unpaired) electrons. The van der Waals surface area contributed by atoms with Gasteiger partial charge in [0, 0.05) is 30.6 Å². The van der Waals surface area contributed by atoms with Crippen LogP contribution in [0.1, 0.15) is 6.92 Å². The van der Waals surface area contributed by atoms with Crippen molar-refractivity contribution >= 4 is 11.8 Å². The molecule has 0 saturated carbocycles. The minimum Gasteiger partial charge on any atom is -0.491 e. The SMILES string of the molecule is CC(COc1cc(N)cc(-c2cnn(C)c2)c1)NC(=O)O. The van der Waals surface area contributed by atoms with Gasteiger partial charge >= 0.3 is 6.09 Å². The van der Waals surface area contributed by atoms with Crippen molar-refractivity contribution in [3.8, 4) is 16.9 Å². The number of rotatable bonds is 5. The van der Waals surface area contributed by atoms with Crippen molar-refractivity contribution in [2.45, 2.75) is 13.0 Å². The topological polar surface area (TPSA) is 102 Å². The molecule has 4 N–H and O–H groups in total. The van der Waals surface area contributed by atoms with Gasteiger partial charge in [-0.15, -0.1) is 0 Å². The summed E-state index contributed by atoms with van der Waals surface area (Å²) in [5.74, 6) is 0.591. The molecule has 2 aromatic rings. The van der Waals surface area contributed by atoms with Gasteiger partial charge < -0.3 is 20.9 Å². The van der Waals surface area contributed by atoms with Crippen LogP contribution in [-0.2, 0) is 7.05 Å². The summed E-state index contributed by atoms with van der Waals surface area (Å²) in [6, 6.07) is 5.07. The Kier molecular flexibility index (Phi) is 4.32. The number of anilines is 1. The molecule has 7 nitrogen and oxygen atoms in total. The van der Waals surface area contributed by atoms with Gasteiger partial charge in [-0.1, -0.05) is 0 Å². The number of hydrogen-bond donors (Lipinski definition) is 3. The summed E-state index contributed by atoms with van der Waals surface area (Å²) in [4.78, 5) is 10.5. The van der Waals surface area contributed by atoms with Crippen LogP contribution in [0.5, 0.6) is 5.75 Å². The van der Waals surface area contributed by atoms with Gasteiger partial charge in [-0.2, -0.15) is 5.10 Å². The van der Waals surface area contributed by atoms with E-state index >= 15 is 0 Å². The van der Waals surface area contributed by atoms with Crippen LogP contribution in [0, 0.1) is 0 Å². The number of aromatic nitrogens is 2.